The number of anilines is 1. The van der Waals surface area contributed by atoms with Gasteiger partial charge in [0.2, 0.25) is 15.9 Å². The number of nitro groups is 1. The minimum atomic E-state index is -3.60. The molecular weight excluding hydrogens is 396 g/mol. The summed E-state index contributed by atoms with van der Waals surface area (Å²) in [4.78, 5) is 23.8. The maximum Gasteiger partial charge on any atom is 0.293 e. The molecule has 1 fully saturated rings. The SMILES string of the molecule is NC(=O)c1ccc(N2CCN(S(=O)(=O)C=Cc3ccccc3)CC2)c([N+](=O)[O-])c1. The first-order chi connectivity index (χ1) is 13.8. The highest BCUT2D eigenvalue weighted by Crippen LogP contribution is 2.30. The molecule has 152 valence electrons. The maximum atomic E-state index is 12.6. The molecule has 2 aromatic rings. The van der Waals surface area contributed by atoms with Crippen LogP contribution in [0.1, 0.15) is 15.9 Å². The first-order valence-corrected chi connectivity index (χ1v) is 10.3. The topological polar surface area (TPSA) is 127 Å². The molecule has 0 atom stereocenters. The minimum absolute atomic E-state index is 0.0488. The van der Waals surface area contributed by atoms with Gasteiger partial charge in [-0.1, -0.05) is 30.3 Å². The van der Waals surface area contributed by atoms with E-state index in [-0.39, 0.29) is 37.4 Å². The van der Waals surface area contributed by atoms with E-state index in [1.54, 1.807) is 17.0 Å². The average molecular weight is 416 g/mol. The number of carbonyl (C=O) groups is 1. The van der Waals surface area contributed by atoms with E-state index in [2.05, 4.69) is 0 Å². The molecule has 0 unspecified atom stereocenters. The third-order valence-electron chi connectivity index (χ3n) is 4.63. The average Bonchev–Trinajstić information content (AvgIpc) is 2.72. The maximum absolute atomic E-state index is 12.6. The zero-order chi connectivity index (χ0) is 21.0. The van der Waals surface area contributed by atoms with Crippen molar-refractivity contribution in [1.82, 2.24) is 4.31 Å². The number of hydrogen-bond donors (Lipinski definition) is 1. The summed E-state index contributed by atoms with van der Waals surface area (Å²) in [6, 6.07) is 13.1. The van der Waals surface area contributed by atoms with E-state index in [1.165, 1.54) is 27.9 Å². The van der Waals surface area contributed by atoms with Crippen molar-refractivity contribution in [2.24, 2.45) is 5.73 Å². The van der Waals surface area contributed by atoms with Crippen molar-refractivity contribution in [2.45, 2.75) is 0 Å². The van der Waals surface area contributed by atoms with Crippen molar-refractivity contribution in [2.75, 3.05) is 31.1 Å². The fourth-order valence-electron chi connectivity index (χ4n) is 3.09. The standard InChI is InChI=1S/C19H20N4O5S/c20-19(24)16-6-7-17(18(14-16)23(25)26)21-9-11-22(12-10-21)29(27,28)13-8-15-4-2-1-3-5-15/h1-8,13-14H,9-12H2,(H2,20,24). The molecule has 0 bridgehead atoms. The molecule has 3 rings (SSSR count). The van der Waals surface area contributed by atoms with Gasteiger partial charge in [0.1, 0.15) is 5.69 Å². The Balaban J connectivity index is 1.73. The molecular formula is C19H20N4O5S. The molecule has 0 aliphatic carbocycles. The predicted molar refractivity (Wildman–Crippen MR) is 110 cm³/mol. The molecule has 29 heavy (non-hydrogen) atoms. The molecule has 2 N–H and O–H groups in total. The highest BCUT2D eigenvalue weighted by molar-refractivity contribution is 7.92. The summed E-state index contributed by atoms with van der Waals surface area (Å²) >= 11 is 0. The van der Waals surface area contributed by atoms with Gasteiger partial charge in [0.05, 0.1) is 4.92 Å². The highest BCUT2D eigenvalue weighted by Gasteiger charge is 2.28. The van der Waals surface area contributed by atoms with Crippen molar-refractivity contribution >= 4 is 33.4 Å². The van der Waals surface area contributed by atoms with E-state index in [0.29, 0.717) is 5.69 Å². The normalized spacial score (nSPS) is 15.5. The minimum Gasteiger partial charge on any atom is -0.366 e. The fraction of sp³-hybridized carbons (Fsp3) is 0.211. The molecule has 0 aromatic heterocycles. The summed E-state index contributed by atoms with van der Waals surface area (Å²) < 4.78 is 26.5. The second-order valence-corrected chi connectivity index (χ2v) is 8.29. The van der Waals surface area contributed by atoms with E-state index >= 15 is 0 Å². The molecule has 0 saturated carbocycles. The molecule has 2 aromatic carbocycles. The molecule has 1 aliphatic rings. The summed E-state index contributed by atoms with van der Waals surface area (Å²) in [7, 11) is -3.60. The van der Waals surface area contributed by atoms with Gasteiger partial charge in [-0.15, -0.1) is 0 Å². The van der Waals surface area contributed by atoms with E-state index < -0.39 is 20.9 Å². The fourth-order valence-corrected chi connectivity index (χ4v) is 4.26. The summed E-state index contributed by atoms with van der Waals surface area (Å²) in [6.45, 7) is 0.955. The Hall–Kier alpha value is -3.24. The lowest BCUT2D eigenvalue weighted by molar-refractivity contribution is -0.384. The Morgan fingerprint density at radius 1 is 1.07 bits per heavy atom. The third kappa shape index (κ3) is 4.79. The van der Waals surface area contributed by atoms with Crippen LogP contribution in [0.2, 0.25) is 0 Å². The number of carbonyl (C=O) groups excluding carboxylic acids is 1. The lowest BCUT2D eigenvalue weighted by Gasteiger charge is -2.34. The number of sulfonamides is 1. The van der Waals surface area contributed by atoms with E-state index in [9.17, 15) is 23.3 Å². The van der Waals surface area contributed by atoms with Gasteiger partial charge in [-0.05, 0) is 23.8 Å². The van der Waals surface area contributed by atoms with E-state index in [1.807, 2.05) is 18.2 Å². The molecule has 1 saturated heterocycles. The summed E-state index contributed by atoms with van der Waals surface area (Å²) in [5.74, 6) is -0.749. The van der Waals surface area contributed by atoms with Gasteiger partial charge in [0.15, 0.2) is 0 Å². The molecule has 0 radical (unpaired) electrons. The summed E-state index contributed by atoms with van der Waals surface area (Å²) in [6.07, 6.45) is 1.54. The lowest BCUT2D eigenvalue weighted by atomic mass is 10.1. The largest absolute Gasteiger partial charge is 0.366 e. The number of nitrogens with zero attached hydrogens (tertiary/aromatic N) is 3. The van der Waals surface area contributed by atoms with Crippen molar-refractivity contribution in [1.29, 1.82) is 0 Å². The zero-order valence-electron chi connectivity index (χ0n) is 15.5. The quantitative estimate of drug-likeness (QED) is 0.565. The molecule has 0 spiro atoms. The first kappa shape index (κ1) is 20.5. The van der Waals surface area contributed by atoms with E-state index in [4.69, 9.17) is 5.73 Å². The Morgan fingerprint density at radius 2 is 1.72 bits per heavy atom. The van der Waals surface area contributed by atoms with Crippen LogP contribution in [0.5, 0.6) is 0 Å². The number of hydrogen-bond acceptors (Lipinski definition) is 6. The third-order valence-corrected chi connectivity index (χ3v) is 6.19. The van der Waals surface area contributed by atoms with Crippen LogP contribution in [0.25, 0.3) is 6.08 Å². The Kier molecular flexibility index (Phi) is 5.95. The van der Waals surface area contributed by atoms with Gasteiger partial charge in [-0.2, -0.15) is 4.31 Å². The van der Waals surface area contributed by atoms with Crippen LogP contribution in [0.3, 0.4) is 0 Å². The Bertz CT molecular complexity index is 1050. The number of rotatable bonds is 6. The van der Waals surface area contributed by atoms with Crippen LogP contribution in [0.4, 0.5) is 11.4 Å². The Morgan fingerprint density at radius 3 is 2.31 bits per heavy atom. The Labute approximate surface area is 168 Å². The monoisotopic (exact) mass is 416 g/mol. The number of amides is 1. The van der Waals surface area contributed by atoms with Crippen molar-refractivity contribution in [3.05, 3.63) is 75.2 Å². The van der Waals surface area contributed by atoms with Crippen LogP contribution in [-0.2, 0) is 10.0 Å². The van der Waals surface area contributed by atoms with Crippen molar-refractivity contribution < 1.29 is 18.1 Å². The van der Waals surface area contributed by atoms with Crippen LogP contribution in [-0.4, -0.2) is 49.7 Å². The molecule has 1 heterocycles. The molecule has 1 amide bonds. The second-order valence-electron chi connectivity index (χ2n) is 6.47. The van der Waals surface area contributed by atoms with Gasteiger partial charge in [-0.25, -0.2) is 8.42 Å². The number of piperazine rings is 1. The summed E-state index contributed by atoms with van der Waals surface area (Å²) in [5, 5.41) is 12.6. The number of nitro benzene ring substituents is 1. The van der Waals surface area contributed by atoms with Crippen LogP contribution in [0.15, 0.2) is 53.9 Å². The van der Waals surface area contributed by atoms with Gasteiger partial charge in [0, 0.05) is 43.2 Å². The second kappa shape index (κ2) is 8.41. The van der Waals surface area contributed by atoms with Gasteiger partial charge >= 0.3 is 0 Å². The first-order valence-electron chi connectivity index (χ1n) is 8.84. The van der Waals surface area contributed by atoms with Crippen LogP contribution >= 0.6 is 0 Å². The smallest absolute Gasteiger partial charge is 0.293 e. The number of benzene rings is 2. The highest BCUT2D eigenvalue weighted by atomic mass is 32.2. The van der Waals surface area contributed by atoms with Crippen molar-refractivity contribution in [3.63, 3.8) is 0 Å². The lowest BCUT2D eigenvalue weighted by Crippen LogP contribution is -2.48. The van der Waals surface area contributed by atoms with Gasteiger partial charge in [-0.3, -0.25) is 14.9 Å². The van der Waals surface area contributed by atoms with Gasteiger partial charge in [0.25, 0.3) is 5.69 Å². The number of nitrogens with two attached hydrogens (primary N) is 1. The van der Waals surface area contributed by atoms with Crippen LogP contribution in [0, 0.1) is 10.1 Å². The zero-order valence-corrected chi connectivity index (χ0v) is 16.3. The molecule has 1 aliphatic heterocycles. The van der Waals surface area contributed by atoms with Gasteiger partial charge < -0.3 is 10.6 Å². The van der Waals surface area contributed by atoms with E-state index in [0.717, 1.165) is 11.6 Å². The predicted octanol–water partition coefficient (Wildman–Crippen LogP) is 1.82. The molecule has 10 heteroatoms. The van der Waals surface area contributed by atoms with Crippen molar-refractivity contribution in [3.8, 4) is 0 Å². The summed E-state index contributed by atoms with van der Waals surface area (Å²) in [5.41, 5.74) is 6.12. The van der Waals surface area contributed by atoms with Crippen LogP contribution < -0.4 is 10.6 Å². The molecule has 9 nitrogen and oxygen atoms in total. The number of primary amides is 1.